The molecule has 3 rings (SSSR count). The van der Waals surface area contributed by atoms with E-state index in [2.05, 4.69) is 19.6 Å². The van der Waals surface area contributed by atoms with Gasteiger partial charge in [0.05, 0.1) is 23.1 Å². The van der Waals surface area contributed by atoms with Crippen LogP contribution >= 0.6 is 0 Å². The Balaban J connectivity index is 1.97. The fourth-order valence-corrected chi connectivity index (χ4v) is 4.71. The van der Waals surface area contributed by atoms with E-state index in [9.17, 15) is 13.2 Å². The second-order valence-electron chi connectivity index (χ2n) is 6.40. The number of aryl methyl sites for hydroxylation is 1. The van der Waals surface area contributed by atoms with E-state index in [0.717, 1.165) is 19.3 Å². The number of carbonyl (C=O) groups is 1. The maximum absolute atomic E-state index is 13.0. The fraction of sp³-hybridized carbons (Fsp3) is 0.471. The quantitative estimate of drug-likeness (QED) is 0.793. The molecule has 0 radical (unpaired) electrons. The van der Waals surface area contributed by atoms with Crippen LogP contribution in [0.15, 0.2) is 33.7 Å². The number of esters is 1. The molecule has 1 fully saturated rings. The third-order valence-electron chi connectivity index (χ3n) is 4.56. The largest absolute Gasteiger partial charge is 0.465 e. The minimum atomic E-state index is -3.90. The highest BCUT2D eigenvalue weighted by Crippen LogP contribution is 2.37. The van der Waals surface area contributed by atoms with Crippen molar-refractivity contribution in [2.75, 3.05) is 7.11 Å². The topological polar surface area (TPSA) is 111 Å². The Morgan fingerprint density at radius 3 is 2.62 bits per heavy atom. The number of nitrogens with one attached hydrogen (secondary N) is 1. The summed E-state index contributed by atoms with van der Waals surface area (Å²) in [6.45, 7) is 1.67. The van der Waals surface area contributed by atoms with Gasteiger partial charge in [-0.05, 0) is 31.0 Å². The van der Waals surface area contributed by atoms with Crippen molar-refractivity contribution in [3.63, 3.8) is 0 Å². The van der Waals surface area contributed by atoms with Gasteiger partial charge in [-0.15, -0.1) is 0 Å². The summed E-state index contributed by atoms with van der Waals surface area (Å²) in [5, 5.41) is 3.96. The summed E-state index contributed by atoms with van der Waals surface area (Å²) in [6.07, 6.45) is 3.92. The van der Waals surface area contributed by atoms with E-state index in [1.54, 1.807) is 6.92 Å². The van der Waals surface area contributed by atoms with Crippen molar-refractivity contribution in [3.8, 4) is 0 Å². The third kappa shape index (κ3) is 3.63. The summed E-state index contributed by atoms with van der Waals surface area (Å²) in [5.74, 6) is 0.141. The highest BCUT2D eigenvalue weighted by atomic mass is 32.2. The fourth-order valence-electron chi connectivity index (χ4n) is 3.24. The number of methoxy groups -OCH3 is 1. The van der Waals surface area contributed by atoms with Gasteiger partial charge < -0.3 is 9.26 Å². The van der Waals surface area contributed by atoms with Gasteiger partial charge in [0.1, 0.15) is 0 Å². The van der Waals surface area contributed by atoms with Crippen molar-refractivity contribution >= 4 is 16.0 Å². The predicted molar refractivity (Wildman–Crippen MR) is 91.9 cm³/mol. The van der Waals surface area contributed by atoms with Crippen molar-refractivity contribution in [1.82, 2.24) is 14.9 Å². The molecule has 0 aliphatic heterocycles. The summed E-state index contributed by atoms with van der Waals surface area (Å²) in [4.78, 5) is 16.0. The van der Waals surface area contributed by atoms with E-state index >= 15 is 0 Å². The van der Waals surface area contributed by atoms with E-state index in [-0.39, 0.29) is 10.5 Å². The molecule has 1 heterocycles. The lowest BCUT2D eigenvalue weighted by molar-refractivity contribution is 0.0600. The standard InChI is InChI=1S/C17H21N3O5S/c1-12-18-16(19-25-12)17(9-4-3-5-10-17)20-26(22,23)14-8-6-7-13(11-14)15(21)24-2/h6-8,11,20H,3-5,9-10H2,1-2H3. The summed E-state index contributed by atoms with van der Waals surface area (Å²) < 4.78 is 38.5. The van der Waals surface area contributed by atoms with Gasteiger partial charge in [0.25, 0.3) is 0 Å². The van der Waals surface area contributed by atoms with Crippen LogP contribution in [0.1, 0.15) is 54.2 Å². The Labute approximate surface area is 152 Å². The highest BCUT2D eigenvalue weighted by molar-refractivity contribution is 7.89. The lowest BCUT2D eigenvalue weighted by Crippen LogP contribution is -2.47. The Bertz CT molecular complexity index is 901. The highest BCUT2D eigenvalue weighted by Gasteiger charge is 2.42. The minimum Gasteiger partial charge on any atom is -0.465 e. The molecule has 1 aliphatic rings. The maximum Gasteiger partial charge on any atom is 0.337 e. The first-order valence-corrected chi connectivity index (χ1v) is 9.88. The SMILES string of the molecule is COC(=O)c1cccc(S(=O)(=O)NC2(c3noc(C)n3)CCCCC2)c1. The van der Waals surface area contributed by atoms with Crippen LogP contribution in [0.3, 0.4) is 0 Å². The summed E-state index contributed by atoms with van der Waals surface area (Å²) >= 11 is 0. The number of aromatic nitrogens is 2. The Kier molecular flexibility index (Phi) is 5.10. The molecule has 0 spiro atoms. The van der Waals surface area contributed by atoms with Crippen LogP contribution in [-0.2, 0) is 20.3 Å². The van der Waals surface area contributed by atoms with Crippen molar-refractivity contribution < 1.29 is 22.5 Å². The molecule has 0 atom stereocenters. The molecular weight excluding hydrogens is 358 g/mol. The smallest absolute Gasteiger partial charge is 0.337 e. The van der Waals surface area contributed by atoms with Gasteiger partial charge in [-0.25, -0.2) is 13.2 Å². The zero-order chi connectivity index (χ0) is 18.8. The van der Waals surface area contributed by atoms with Crippen molar-refractivity contribution in [2.45, 2.75) is 49.5 Å². The number of hydrogen-bond acceptors (Lipinski definition) is 7. The first-order chi connectivity index (χ1) is 12.4. The van der Waals surface area contributed by atoms with Gasteiger partial charge in [-0.1, -0.05) is 30.5 Å². The number of nitrogens with zero attached hydrogens (tertiary/aromatic N) is 2. The first-order valence-electron chi connectivity index (χ1n) is 8.39. The molecule has 0 amide bonds. The van der Waals surface area contributed by atoms with E-state index < -0.39 is 21.5 Å². The molecule has 8 nitrogen and oxygen atoms in total. The lowest BCUT2D eigenvalue weighted by Gasteiger charge is -2.34. The van der Waals surface area contributed by atoms with E-state index in [1.165, 1.54) is 31.4 Å². The normalized spacial score (nSPS) is 17.0. The van der Waals surface area contributed by atoms with Crippen LogP contribution in [0.5, 0.6) is 0 Å². The average Bonchev–Trinajstić information content (AvgIpc) is 3.09. The van der Waals surface area contributed by atoms with E-state index in [0.29, 0.717) is 24.6 Å². The third-order valence-corrected chi connectivity index (χ3v) is 6.09. The van der Waals surface area contributed by atoms with Gasteiger partial charge in [-0.3, -0.25) is 0 Å². The summed E-state index contributed by atoms with van der Waals surface area (Å²) in [6, 6.07) is 5.75. The Morgan fingerprint density at radius 2 is 2.00 bits per heavy atom. The second-order valence-corrected chi connectivity index (χ2v) is 8.09. The zero-order valence-corrected chi connectivity index (χ0v) is 15.5. The number of ether oxygens (including phenoxy) is 1. The summed E-state index contributed by atoms with van der Waals surface area (Å²) in [5.41, 5.74) is -0.737. The number of benzene rings is 1. The molecule has 140 valence electrons. The molecule has 0 saturated heterocycles. The van der Waals surface area contributed by atoms with Gasteiger partial charge >= 0.3 is 5.97 Å². The van der Waals surface area contributed by atoms with Gasteiger partial charge in [0.2, 0.25) is 15.9 Å². The predicted octanol–water partition coefficient (Wildman–Crippen LogP) is 2.30. The zero-order valence-electron chi connectivity index (χ0n) is 14.7. The van der Waals surface area contributed by atoms with E-state index in [4.69, 9.17) is 4.52 Å². The lowest BCUT2D eigenvalue weighted by atomic mass is 9.82. The molecule has 26 heavy (non-hydrogen) atoms. The Morgan fingerprint density at radius 1 is 1.27 bits per heavy atom. The molecule has 0 bridgehead atoms. The number of rotatable bonds is 5. The molecule has 1 saturated carbocycles. The maximum atomic E-state index is 13.0. The second kappa shape index (κ2) is 7.16. The molecule has 1 N–H and O–H groups in total. The van der Waals surface area contributed by atoms with Gasteiger partial charge in [0, 0.05) is 6.92 Å². The molecule has 1 aliphatic carbocycles. The van der Waals surface area contributed by atoms with Crippen LogP contribution in [0, 0.1) is 6.92 Å². The number of carbonyl (C=O) groups excluding carboxylic acids is 1. The van der Waals surface area contributed by atoms with Crippen molar-refractivity contribution in [1.29, 1.82) is 0 Å². The van der Waals surface area contributed by atoms with Gasteiger partial charge in [0.15, 0.2) is 5.82 Å². The van der Waals surface area contributed by atoms with Crippen molar-refractivity contribution in [3.05, 3.63) is 41.5 Å². The summed E-state index contributed by atoms with van der Waals surface area (Å²) in [7, 11) is -2.65. The van der Waals surface area contributed by atoms with Crippen LogP contribution in [0.2, 0.25) is 0 Å². The number of sulfonamides is 1. The van der Waals surface area contributed by atoms with Crippen molar-refractivity contribution in [2.24, 2.45) is 0 Å². The molecule has 0 unspecified atom stereocenters. The van der Waals surface area contributed by atoms with Crippen LogP contribution < -0.4 is 4.72 Å². The Hall–Kier alpha value is -2.26. The molecule has 1 aromatic heterocycles. The first kappa shape index (κ1) is 18.5. The van der Waals surface area contributed by atoms with E-state index in [1.807, 2.05) is 0 Å². The average molecular weight is 379 g/mol. The van der Waals surface area contributed by atoms with Crippen LogP contribution in [0.4, 0.5) is 0 Å². The number of hydrogen-bond donors (Lipinski definition) is 1. The minimum absolute atomic E-state index is 0.00874. The van der Waals surface area contributed by atoms with Crippen LogP contribution in [-0.4, -0.2) is 31.6 Å². The van der Waals surface area contributed by atoms with Gasteiger partial charge in [-0.2, -0.15) is 9.71 Å². The molecule has 1 aromatic carbocycles. The molecule has 2 aromatic rings. The molecular formula is C17H21N3O5S. The van der Waals surface area contributed by atoms with Crippen LogP contribution in [0.25, 0.3) is 0 Å². The molecule has 9 heteroatoms. The monoisotopic (exact) mass is 379 g/mol.